The smallest absolute Gasteiger partial charge is 0.127 e. The van der Waals surface area contributed by atoms with Gasteiger partial charge in [-0.05, 0) is 32.9 Å². The Labute approximate surface area is 116 Å². The Morgan fingerprint density at radius 3 is 2.68 bits per heavy atom. The van der Waals surface area contributed by atoms with E-state index >= 15 is 0 Å². The van der Waals surface area contributed by atoms with Gasteiger partial charge >= 0.3 is 0 Å². The van der Waals surface area contributed by atoms with Gasteiger partial charge in [-0.2, -0.15) is 0 Å². The molecule has 1 aromatic rings. The molecule has 19 heavy (non-hydrogen) atoms. The molecule has 0 aromatic heterocycles. The lowest BCUT2D eigenvalue weighted by Crippen LogP contribution is -2.35. The van der Waals surface area contributed by atoms with E-state index in [0.717, 1.165) is 18.7 Å². The first-order valence-electron chi connectivity index (χ1n) is 7.36. The summed E-state index contributed by atoms with van der Waals surface area (Å²) < 4.78 is 13.7. The van der Waals surface area contributed by atoms with Crippen molar-refractivity contribution in [2.24, 2.45) is 0 Å². The third-order valence-electron chi connectivity index (χ3n) is 4.27. The van der Waals surface area contributed by atoms with Crippen molar-refractivity contribution < 1.29 is 4.39 Å². The summed E-state index contributed by atoms with van der Waals surface area (Å²) in [5.74, 6) is -0.106. The number of benzene rings is 1. The minimum absolute atomic E-state index is 0.106. The molecule has 1 aliphatic rings. The van der Waals surface area contributed by atoms with Crippen LogP contribution >= 0.6 is 0 Å². The van der Waals surface area contributed by atoms with E-state index in [0.29, 0.717) is 6.04 Å². The third kappa shape index (κ3) is 4.02. The van der Waals surface area contributed by atoms with E-state index in [1.165, 1.54) is 31.7 Å². The number of likely N-dealkylation sites (N-methyl/N-ethyl adjacent to an activating group) is 1. The zero-order chi connectivity index (χ0) is 13.7. The molecule has 1 saturated carbocycles. The third-order valence-corrected chi connectivity index (χ3v) is 4.27. The predicted octanol–water partition coefficient (Wildman–Crippen LogP) is 3.35. The standard InChI is InChI=1S/C16H25FN2/c1-13(15-9-5-6-10-16(15)17)19(2)12-11-18-14-7-3-4-8-14/h5-6,9-10,13-14,18H,3-4,7-8,11-12H2,1-2H3. The average Bonchev–Trinajstić information content (AvgIpc) is 2.91. The molecule has 0 spiro atoms. The summed E-state index contributed by atoms with van der Waals surface area (Å²) in [5, 5.41) is 3.60. The van der Waals surface area contributed by atoms with Gasteiger partial charge in [0.25, 0.3) is 0 Å². The summed E-state index contributed by atoms with van der Waals surface area (Å²) in [6.07, 6.45) is 5.34. The number of hydrogen-bond acceptors (Lipinski definition) is 2. The largest absolute Gasteiger partial charge is 0.313 e. The highest BCUT2D eigenvalue weighted by Crippen LogP contribution is 2.21. The van der Waals surface area contributed by atoms with Gasteiger partial charge in [0.1, 0.15) is 5.82 Å². The lowest BCUT2D eigenvalue weighted by atomic mass is 10.1. The first-order chi connectivity index (χ1) is 9.18. The summed E-state index contributed by atoms with van der Waals surface area (Å²) in [6, 6.07) is 7.88. The number of halogens is 1. The van der Waals surface area contributed by atoms with Gasteiger partial charge in [-0.3, -0.25) is 4.90 Å². The molecule has 1 aliphatic carbocycles. The molecule has 1 unspecified atom stereocenters. The number of nitrogens with zero attached hydrogens (tertiary/aromatic N) is 1. The quantitative estimate of drug-likeness (QED) is 0.847. The number of nitrogens with one attached hydrogen (secondary N) is 1. The van der Waals surface area contributed by atoms with Crippen LogP contribution in [-0.2, 0) is 0 Å². The lowest BCUT2D eigenvalue weighted by Gasteiger charge is -2.26. The first kappa shape index (κ1) is 14.5. The normalized spacial score (nSPS) is 18.1. The molecule has 0 amide bonds. The fourth-order valence-corrected chi connectivity index (χ4v) is 2.82. The minimum atomic E-state index is -0.106. The van der Waals surface area contributed by atoms with E-state index in [4.69, 9.17) is 0 Å². The first-order valence-corrected chi connectivity index (χ1v) is 7.36. The Balaban J connectivity index is 1.78. The van der Waals surface area contributed by atoms with Crippen LogP contribution in [0, 0.1) is 5.82 Å². The number of hydrogen-bond donors (Lipinski definition) is 1. The van der Waals surface area contributed by atoms with Gasteiger partial charge in [0.2, 0.25) is 0 Å². The van der Waals surface area contributed by atoms with Crippen molar-refractivity contribution in [1.82, 2.24) is 10.2 Å². The van der Waals surface area contributed by atoms with Crippen LogP contribution in [0.4, 0.5) is 4.39 Å². The molecule has 2 rings (SSSR count). The molecule has 1 N–H and O–H groups in total. The molecular formula is C16H25FN2. The van der Waals surface area contributed by atoms with Gasteiger partial charge in [0.15, 0.2) is 0 Å². The Hall–Kier alpha value is -0.930. The summed E-state index contributed by atoms with van der Waals surface area (Å²) in [4.78, 5) is 2.21. The second-order valence-electron chi connectivity index (χ2n) is 5.61. The second kappa shape index (κ2) is 7.01. The van der Waals surface area contributed by atoms with Gasteiger partial charge < -0.3 is 5.32 Å². The van der Waals surface area contributed by atoms with Crippen LogP contribution in [0.15, 0.2) is 24.3 Å². The van der Waals surface area contributed by atoms with Gasteiger partial charge in [-0.1, -0.05) is 31.0 Å². The van der Waals surface area contributed by atoms with Crippen LogP contribution in [0.2, 0.25) is 0 Å². The van der Waals surface area contributed by atoms with E-state index in [1.807, 2.05) is 12.1 Å². The van der Waals surface area contributed by atoms with Crippen LogP contribution in [0.3, 0.4) is 0 Å². The van der Waals surface area contributed by atoms with Crippen LogP contribution in [0.5, 0.6) is 0 Å². The fourth-order valence-electron chi connectivity index (χ4n) is 2.82. The van der Waals surface area contributed by atoms with Crippen LogP contribution in [0.1, 0.15) is 44.2 Å². The van der Waals surface area contributed by atoms with E-state index in [-0.39, 0.29) is 11.9 Å². The zero-order valence-corrected chi connectivity index (χ0v) is 12.0. The van der Waals surface area contributed by atoms with Crippen molar-refractivity contribution in [3.63, 3.8) is 0 Å². The zero-order valence-electron chi connectivity index (χ0n) is 12.0. The molecule has 106 valence electrons. The molecule has 0 aliphatic heterocycles. The van der Waals surface area contributed by atoms with E-state index < -0.39 is 0 Å². The molecule has 3 heteroatoms. The Morgan fingerprint density at radius 1 is 1.32 bits per heavy atom. The molecule has 0 heterocycles. The van der Waals surface area contributed by atoms with Gasteiger partial charge in [0, 0.05) is 30.7 Å². The number of rotatable bonds is 6. The van der Waals surface area contributed by atoms with Crippen LogP contribution < -0.4 is 5.32 Å². The van der Waals surface area contributed by atoms with Crippen molar-refractivity contribution >= 4 is 0 Å². The predicted molar refractivity (Wildman–Crippen MR) is 77.7 cm³/mol. The highest BCUT2D eigenvalue weighted by Gasteiger charge is 2.17. The fraction of sp³-hybridized carbons (Fsp3) is 0.625. The van der Waals surface area contributed by atoms with Gasteiger partial charge in [-0.25, -0.2) is 4.39 Å². The van der Waals surface area contributed by atoms with Crippen molar-refractivity contribution in [3.8, 4) is 0 Å². The second-order valence-corrected chi connectivity index (χ2v) is 5.61. The highest BCUT2D eigenvalue weighted by atomic mass is 19.1. The van der Waals surface area contributed by atoms with Crippen molar-refractivity contribution in [2.75, 3.05) is 20.1 Å². The maximum Gasteiger partial charge on any atom is 0.127 e. The maximum atomic E-state index is 13.7. The minimum Gasteiger partial charge on any atom is -0.313 e. The Kier molecular flexibility index (Phi) is 5.34. The van der Waals surface area contributed by atoms with Gasteiger partial charge in [-0.15, -0.1) is 0 Å². The van der Waals surface area contributed by atoms with Crippen molar-refractivity contribution in [3.05, 3.63) is 35.6 Å². The molecule has 0 saturated heterocycles. The van der Waals surface area contributed by atoms with Crippen molar-refractivity contribution in [2.45, 2.75) is 44.7 Å². The molecule has 2 nitrogen and oxygen atoms in total. The average molecular weight is 264 g/mol. The van der Waals surface area contributed by atoms with Crippen LogP contribution in [-0.4, -0.2) is 31.1 Å². The highest BCUT2D eigenvalue weighted by molar-refractivity contribution is 5.20. The summed E-state index contributed by atoms with van der Waals surface area (Å²) in [5.41, 5.74) is 0.783. The van der Waals surface area contributed by atoms with Crippen molar-refractivity contribution in [1.29, 1.82) is 0 Å². The molecule has 1 aromatic carbocycles. The van der Waals surface area contributed by atoms with Gasteiger partial charge in [0.05, 0.1) is 0 Å². The SMILES string of the molecule is CC(c1ccccc1F)N(C)CCNC1CCCC1. The summed E-state index contributed by atoms with van der Waals surface area (Å²) in [6.45, 7) is 4.00. The molecule has 1 fully saturated rings. The molecular weight excluding hydrogens is 239 g/mol. The Bertz CT molecular complexity index is 388. The molecule has 0 radical (unpaired) electrons. The monoisotopic (exact) mass is 264 g/mol. The maximum absolute atomic E-state index is 13.7. The van der Waals surface area contributed by atoms with E-state index in [9.17, 15) is 4.39 Å². The topological polar surface area (TPSA) is 15.3 Å². The lowest BCUT2D eigenvalue weighted by molar-refractivity contribution is 0.252. The summed E-state index contributed by atoms with van der Waals surface area (Å²) in [7, 11) is 2.06. The van der Waals surface area contributed by atoms with E-state index in [1.54, 1.807) is 6.07 Å². The van der Waals surface area contributed by atoms with Crippen LogP contribution in [0.25, 0.3) is 0 Å². The molecule has 1 atom stereocenters. The Morgan fingerprint density at radius 2 is 2.00 bits per heavy atom. The van der Waals surface area contributed by atoms with E-state index in [2.05, 4.69) is 24.2 Å². The molecule has 0 bridgehead atoms. The summed E-state index contributed by atoms with van der Waals surface area (Å²) >= 11 is 0.